The number of anilines is 2. The lowest BCUT2D eigenvalue weighted by atomic mass is 9.95. The average Bonchev–Trinajstić information content (AvgIpc) is 3.77. The Hall–Kier alpha value is -3.31. The Morgan fingerprint density at radius 2 is 2.05 bits per heavy atom. The number of hydrogen-bond donors (Lipinski definition) is 2. The van der Waals surface area contributed by atoms with E-state index in [4.69, 9.17) is 15.5 Å². The molecule has 0 amide bonds. The van der Waals surface area contributed by atoms with E-state index in [1.807, 2.05) is 11.8 Å². The Bertz CT molecular complexity index is 1830. The van der Waals surface area contributed by atoms with Gasteiger partial charge in [-0.25, -0.2) is 8.78 Å². The first kappa shape index (κ1) is 28.2. The van der Waals surface area contributed by atoms with Gasteiger partial charge in [0.15, 0.2) is 5.82 Å². The lowest BCUT2D eigenvalue weighted by molar-refractivity contribution is 0.108. The minimum Gasteiger partial charge on any atom is -0.461 e. The van der Waals surface area contributed by atoms with Gasteiger partial charge in [0.2, 0.25) is 0 Å². The van der Waals surface area contributed by atoms with Crippen LogP contribution >= 0.6 is 23.1 Å². The molecule has 0 aliphatic carbocycles. The van der Waals surface area contributed by atoms with Crippen LogP contribution in [-0.2, 0) is 0 Å². The Balaban J connectivity index is 1.25. The quantitative estimate of drug-likeness (QED) is 0.303. The summed E-state index contributed by atoms with van der Waals surface area (Å²) in [6.07, 6.45) is 9.16. The molecule has 8 rings (SSSR count). The van der Waals surface area contributed by atoms with E-state index in [-0.39, 0.29) is 43.4 Å². The van der Waals surface area contributed by atoms with Crippen LogP contribution in [0.3, 0.4) is 0 Å². The van der Waals surface area contributed by atoms with Crippen molar-refractivity contribution in [2.24, 2.45) is 0 Å². The van der Waals surface area contributed by atoms with Gasteiger partial charge in [-0.3, -0.25) is 9.88 Å². The molecule has 3 aromatic heterocycles. The second-order valence-electron chi connectivity index (χ2n) is 12.4. The van der Waals surface area contributed by atoms with Gasteiger partial charge in [0.05, 0.1) is 21.2 Å². The number of nitrogens with zero attached hydrogens (tertiary/aromatic N) is 6. The fourth-order valence-corrected chi connectivity index (χ4v) is 9.56. The van der Waals surface area contributed by atoms with Crippen LogP contribution in [0.2, 0.25) is 0 Å². The van der Waals surface area contributed by atoms with Gasteiger partial charge in [0, 0.05) is 54.1 Å². The third-order valence-corrected chi connectivity index (χ3v) is 11.9. The number of nitriles is 1. The molecule has 13 heteroatoms. The minimum absolute atomic E-state index is 0.0213. The normalized spacial score (nSPS) is 26.5. The van der Waals surface area contributed by atoms with E-state index in [0.29, 0.717) is 40.7 Å². The molecular formula is C31H32F2N8OS2. The zero-order valence-corrected chi connectivity index (χ0v) is 25.9. The highest BCUT2D eigenvalue weighted by Gasteiger charge is 2.49. The second-order valence-corrected chi connectivity index (χ2v) is 14.6. The third kappa shape index (κ3) is 4.41. The maximum atomic E-state index is 16.7. The smallest absolute Gasteiger partial charge is 0.319 e. The molecule has 4 unspecified atom stereocenters. The highest BCUT2D eigenvalue weighted by molar-refractivity contribution is 7.99. The maximum Gasteiger partial charge on any atom is 0.319 e. The second kappa shape index (κ2) is 10.7. The van der Waals surface area contributed by atoms with Crippen molar-refractivity contribution in [1.82, 2.24) is 25.2 Å². The van der Waals surface area contributed by atoms with Crippen LogP contribution in [0.1, 0.15) is 37.7 Å². The van der Waals surface area contributed by atoms with Crippen LogP contribution in [0.15, 0.2) is 18.3 Å². The Morgan fingerprint density at radius 3 is 2.82 bits per heavy atom. The lowest BCUT2D eigenvalue weighted by Crippen LogP contribution is -2.51. The summed E-state index contributed by atoms with van der Waals surface area (Å²) in [7, 11) is 0. The number of nitrogens with one attached hydrogen (secondary N) is 1. The predicted octanol–water partition coefficient (Wildman–Crippen LogP) is 4.93. The Kier molecular flexibility index (Phi) is 6.82. The molecule has 4 aromatic rings. The molecule has 9 nitrogen and oxygen atoms in total. The maximum absolute atomic E-state index is 16.7. The Morgan fingerprint density at radius 1 is 1.23 bits per heavy atom. The minimum atomic E-state index is -0.667. The highest BCUT2D eigenvalue weighted by atomic mass is 32.2. The van der Waals surface area contributed by atoms with Gasteiger partial charge in [0.1, 0.15) is 40.5 Å². The van der Waals surface area contributed by atoms with E-state index in [1.165, 1.54) is 12.1 Å². The van der Waals surface area contributed by atoms with Gasteiger partial charge in [-0.15, -0.1) is 11.3 Å². The van der Waals surface area contributed by atoms with Crippen LogP contribution in [-0.4, -0.2) is 81.8 Å². The molecule has 2 bridgehead atoms. The fourth-order valence-electron chi connectivity index (χ4n) is 7.81. The van der Waals surface area contributed by atoms with E-state index in [0.717, 1.165) is 69.6 Å². The number of ether oxygens (including phenoxy) is 1. The van der Waals surface area contributed by atoms with Crippen molar-refractivity contribution in [3.8, 4) is 23.3 Å². The van der Waals surface area contributed by atoms with Gasteiger partial charge >= 0.3 is 6.01 Å². The Labute approximate surface area is 261 Å². The molecule has 3 N–H and O–H groups in total. The van der Waals surface area contributed by atoms with Crippen molar-refractivity contribution in [2.45, 2.75) is 55.0 Å². The summed E-state index contributed by atoms with van der Waals surface area (Å²) < 4.78 is 38.1. The number of thioether (sulfide) groups is 1. The molecule has 4 aliphatic rings. The molecule has 0 spiro atoms. The summed E-state index contributed by atoms with van der Waals surface area (Å²) in [6, 6.07) is 5.59. The van der Waals surface area contributed by atoms with Crippen molar-refractivity contribution >= 4 is 54.9 Å². The van der Waals surface area contributed by atoms with Crippen LogP contribution < -0.4 is 20.7 Å². The number of rotatable bonds is 6. The van der Waals surface area contributed by atoms with E-state index >= 15 is 4.39 Å². The molecule has 44 heavy (non-hydrogen) atoms. The van der Waals surface area contributed by atoms with Crippen molar-refractivity contribution in [3.05, 3.63) is 35.5 Å². The summed E-state index contributed by atoms with van der Waals surface area (Å²) in [6.45, 7) is 4.04. The molecule has 228 valence electrons. The first-order valence-corrected chi connectivity index (χ1v) is 17.2. The number of pyridine rings is 1. The number of nitrogen functional groups attached to an aromatic ring is 1. The molecule has 4 aliphatic heterocycles. The van der Waals surface area contributed by atoms with Crippen molar-refractivity contribution < 1.29 is 13.5 Å². The molecule has 1 aromatic carbocycles. The van der Waals surface area contributed by atoms with Crippen LogP contribution in [0.25, 0.3) is 32.2 Å². The molecule has 4 atom stereocenters. The van der Waals surface area contributed by atoms with E-state index in [2.05, 4.69) is 37.4 Å². The fraction of sp³-hybridized carbons (Fsp3) is 0.484. The summed E-state index contributed by atoms with van der Waals surface area (Å²) in [4.78, 5) is 18.8. The number of halogens is 2. The topological polar surface area (TPSA) is 116 Å². The van der Waals surface area contributed by atoms with Crippen molar-refractivity contribution in [2.75, 3.05) is 49.7 Å². The number of nitrogens with two attached hydrogens (primary N) is 1. The molecule has 4 saturated heterocycles. The molecule has 0 radical (unpaired) electrons. The van der Waals surface area contributed by atoms with Crippen LogP contribution in [0, 0.1) is 23.0 Å². The van der Waals surface area contributed by atoms with Gasteiger partial charge < -0.3 is 20.7 Å². The van der Waals surface area contributed by atoms with E-state index < -0.39 is 11.6 Å². The van der Waals surface area contributed by atoms with Gasteiger partial charge in [-0.05, 0) is 57.0 Å². The highest BCUT2D eigenvalue weighted by Crippen LogP contribution is 2.44. The SMILES string of the molecule is CSC1CN2CCCC2(COc2nc(N3CC4CCC(C3)N4)c3cnc(-c4ccc(F)c5sc(N)c(C#N)c45)c(F)c3n2)C1. The summed E-state index contributed by atoms with van der Waals surface area (Å²) in [5, 5.41) is 14.9. The largest absolute Gasteiger partial charge is 0.461 e. The lowest BCUT2D eigenvalue weighted by Gasteiger charge is -2.34. The van der Waals surface area contributed by atoms with Crippen LogP contribution in [0.5, 0.6) is 6.01 Å². The predicted molar refractivity (Wildman–Crippen MR) is 170 cm³/mol. The standard InChI is InChI=1S/C31H32F2N8OS2/c1-43-18-9-31(7-2-8-41(31)14-18)15-42-30-38-26-21(29(39-30)40-12-16-3-4-17(13-40)37-16)11-36-25(24(26)33)19-5-6-22(32)27-23(19)20(10-34)28(35)44-27/h5-6,11,16-18,37H,2-4,7-9,12-15,35H2,1H3. The number of hydrogen-bond acceptors (Lipinski definition) is 11. The summed E-state index contributed by atoms with van der Waals surface area (Å²) in [5.41, 5.74) is 6.48. The third-order valence-electron chi connectivity index (χ3n) is 9.92. The first-order valence-electron chi connectivity index (χ1n) is 15.1. The van der Waals surface area contributed by atoms with E-state index in [1.54, 1.807) is 6.20 Å². The number of fused-ring (bicyclic) bond motifs is 5. The zero-order valence-electron chi connectivity index (χ0n) is 24.3. The van der Waals surface area contributed by atoms with Gasteiger partial charge in [-0.2, -0.15) is 27.0 Å². The van der Waals surface area contributed by atoms with Gasteiger partial charge in [-0.1, -0.05) is 0 Å². The summed E-state index contributed by atoms with van der Waals surface area (Å²) >= 11 is 2.87. The van der Waals surface area contributed by atoms with Crippen molar-refractivity contribution in [3.63, 3.8) is 0 Å². The number of aromatic nitrogens is 3. The number of piperazine rings is 1. The number of thiophene rings is 1. The van der Waals surface area contributed by atoms with Crippen molar-refractivity contribution in [1.29, 1.82) is 5.26 Å². The number of benzene rings is 1. The van der Waals surface area contributed by atoms with Crippen LogP contribution in [0.4, 0.5) is 19.6 Å². The first-order chi connectivity index (χ1) is 21.4. The average molecular weight is 635 g/mol. The van der Waals surface area contributed by atoms with Gasteiger partial charge in [0.25, 0.3) is 0 Å². The van der Waals surface area contributed by atoms with E-state index in [9.17, 15) is 9.65 Å². The summed E-state index contributed by atoms with van der Waals surface area (Å²) in [5.74, 6) is -0.579. The molecule has 4 fully saturated rings. The molecule has 7 heterocycles. The zero-order chi connectivity index (χ0) is 30.2. The molecule has 0 saturated carbocycles. The monoisotopic (exact) mass is 634 g/mol. The molecular weight excluding hydrogens is 603 g/mol.